The summed E-state index contributed by atoms with van der Waals surface area (Å²) in [6.45, 7) is 4.57. The van der Waals surface area contributed by atoms with E-state index in [1.807, 2.05) is 50.2 Å². The highest BCUT2D eigenvalue weighted by Gasteiger charge is 2.27. The van der Waals surface area contributed by atoms with Crippen molar-refractivity contribution in [3.63, 3.8) is 0 Å². The fourth-order valence-electron chi connectivity index (χ4n) is 2.73. The number of hydrogen-bond donors (Lipinski definition) is 4. The Hall–Kier alpha value is -2.57. The van der Waals surface area contributed by atoms with Crippen LogP contribution < -0.4 is 26.2 Å². The van der Waals surface area contributed by atoms with E-state index in [-0.39, 0.29) is 11.9 Å². The van der Waals surface area contributed by atoms with E-state index < -0.39 is 6.29 Å². The average Bonchev–Trinajstić information content (AvgIpc) is 2.61. The maximum atomic E-state index is 12.4. The van der Waals surface area contributed by atoms with Crippen molar-refractivity contribution in [2.75, 3.05) is 11.9 Å². The molecule has 4 N–H and O–H groups in total. The van der Waals surface area contributed by atoms with E-state index in [0.717, 1.165) is 17.0 Å². The lowest BCUT2D eigenvalue weighted by Crippen LogP contribution is -2.68. The van der Waals surface area contributed by atoms with Gasteiger partial charge in [0.05, 0.1) is 12.3 Å². The molecular weight excluding hydrogens is 316 g/mol. The second kappa shape index (κ2) is 8.00. The van der Waals surface area contributed by atoms with Crippen LogP contribution in [0, 0.1) is 6.92 Å². The van der Waals surface area contributed by atoms with E-state index >= 15 is 0 Å². The van der Waals surface area contributed by atoms with Gasteiger partial charge in [0.15, 0.2) is 6.29 Å². The van der Waals surface area contributed by atoms with Gasteiger partial charge in [0.25, 0.3) is 0 Å². The van der Waals surface area contributed by atoms with E-state index in [9.17, 15) is 4.79 Å². The van der Waals surface area contributed by atoms with Crippen LogP contribution in [0.15, 0.2) is 48.5 Å². The zero-order valence-corrected chi connectivity index (χ0v) is 14.5. The number of aryl methyl sites for hydroxylation is 1. The van der Waals surface area contributed by atoms with Crippen molar-refractivity contribution in [3.05, 3.63) is 59.7 Å². The van der Waals surface area contributed by atoms with Crippen LogP contribution in [0.5, 0.6) is 5.75 Å². The van der Waals surface area contributed by atoms with E-state index in [4.69, 9.17) is 4.74 Å². The van der Waals surface area contributed by atoms with Gasteiger partial charge in [0.2, 0.25) is 5.91 Å². The van der Waals surface area contributed by atoms with Crippen LogP contribution >= 0.6 is 0 Å². The number of ether oxygens (including phenoxy) is 1. The molecule has 1 heterocycles. The van der Waals surface area contributed by atoms with Crippen molar-refractivity contribution in [1.82, 2.24) is 16.2 Å². The lowest BCUT2D eigenvalue weighted by Gasteiger charge is -2.32. The zero-order chi connectivity index (χ0) is 17.6. The molecule has 6 nitrogen and oxygen atoms in total. The predicted molar refractivity (Wildman–Crippen MR) is 98.1 cm³/mol. The molecule has 0 bridgehead atoms. The van der Waals surface area contributed by atoms with Gasteiger partial charge in [-0.05, 0) is 38.0 Å². The van der Waals surface area contributed by atoms with Gasteiger partial charge in [-0.3, -0.25) is 4.79 Å². The monoisotopic (exact) mass is 340 g/mol. The lowest BCUT2D eigenvalue weighted by molar-refractivity contribution is -0.126. The van der Waals surface area contributed by atoms with Gasteiger partial charge in [0.1, 0.15) is 11.8 Å². The van der Waals surface area contributed by atoms with E-state index in [1.165, 1.54) is 5.56 Å². The first-order valence-corrected chi connectivity index (χ1v) is 8.51. The second-order valence-electron chi connectivity index (χ2n) is 6.05. The summed E-state index contributed by atoms with van der Waals surface area (Å²) in [5, 5.41) is 6.16. The molecule has 0 aliphatic carbocycles. The van der Waals surface area contributed by atoms with Gasteiger partial charge >= 0.3 is 0 Å². The van der Waals surface area contributed by atoms with Crippen LogP contribution in [0.4, 0.5) is 5.69 Å². The summed E-state index contributed by atoms with van der Waals surface area (Å²) in [6, 6.07) is 15.5. The lowest BCUT2D eigenvalue weighted by atomic mass is 10.0. The van der Waals surface area contributed by atoms with Crippen LogP contribution in [-0.4, -0.2) is 24.8 Å². The van der Waals surface area contributed by atoms with Crippen LogP contribution in [0.3, 0.4) is 0 Å². The Labute approximate surface area is 147 Å². The number of carbonyl (C=O) groups is 1. The molecule has 2 aromatic rings. The quantitative estimate of drug-likeness (QED) is 0.647. The largest absolute Gasteiger partial charge is 0.492 e. The fourth-order valence-corrected chi connectivity index (χ4v) is 2.73. The minimum atomic E-state index is -0.414. The topological polar surface area (TPSA) is 74.4 Å². The molecule has 1 saturated heterocycles. The predicted octanol–water partition coefficient (Wildman–Crippen LogP) is 1.92. The van der Waals surface area contributed by atoms with Crippen molar-refractivity contribution in [2.24, 2.45) is 0 Å². The highest BCUT2D eigenvalue weighted by Crippen LogP contribution is 2.24. The number of amides is 1. The fraction of sp³-hybridized carbons (Fsp3) is 0.316. The summed E-state index contributed by atoms with van der Waals surface area (Å²) in [6.07, 6.45) is 0.213. The maximum absolute atomic E-state index is 12.4. The summed E-state index contributed by atoms with van der Waals surface area (Å²) in [7, 11) is 0. The molecule has 0 saturated carbocycles. The third-order valence-corrected chi connectivity index (χ3v) is 4.05. The molecule has 1 fully saturated rings. The van der Waals surface area contributed by atoms with Crippen molar-refractivity contribution in [2.45, 2.75) is 32.6 Å². The Balaban J connectivity index is 1.58. The third-order valence-electron chi connectivity index (χ3n) is 4.05. The molecule has 1 amide bonds. The molecule has 6 heteroatoms. The number of carbonyl (C=O) groups excluding carboxylic acids is 1. The number of benzene rings is 2. The maximum Gasteiger partial charge on any atom is 0.241 e. The SMILES string of the molecule is CCOc1ccccc1NC1NNC(Cc2ccc(C)cc2)C(=O)N1. The molecule has 0 spiro atoms. The third kappa shape index (κ3) is 4.49. The number of rotatable bonds is 6. The second-order valence-corrected chi connectivity index (χ2v) is 6.05. The molecule has 3 rings (SSSR count). The van der Waals surface area contributed by atoms with Crippen LogP contribution in [0.25, 0.3) is 0 Å². The van der Waals surface area contributed by atoms with Crippen molar-refractivity contribution >= 4 is 11.6 Å². The standard InChI is InChI=1S/C19H24N4O2/c1-3-25-17-7-5-4-6-15(17)20-19-21-18(24)16(22-23-19)12-14-10-8-13(2)9-11-14/h4-11,16,19-20,22-23H,3,12H2,1-2H3,(H,21,24). The molecule has 132 valence electrons. The first kappa shape index (κ1) is 17.3. The van der Waals surface area contributed by atoms with Gasteiger partial charge in [-0.25, -0.2) is 10.9 Å². The number of para-hydroxylation sites is 2. The van der Waals surface area contributed by atoms with Gasteiger partial charge in [-0.2, -0.15) is 0 Å². The average molecular weight is 340 g/mol. The first-order chi connectivity index (χ1) is 12.2. The Bertz CT molecular complexity index is 718. The molecule has 2 unspecified atom stereocenters. The zero-order valence-electron chi connectivity index (χ0n) is 14.5. The number of hydrazine groups is 1. The van der Waals surface area contributed by atoms with Crippen LogP contribution in [0.1, 0.15) is 18.1 Å². The summed E-state index contributed by atoms with van der Waals surface area (Å²) >= 11 is 0. The van der Waals surface area contributed by atoms with E-state index in [2.05, 4.69) is 33.6 Å². The molecular formula is C19H24N4O2. The van der Waals surface area contributed by atoms with Gasteiger partial charge in [0, 0.05) is 0 Å². The Morgan fingerprint density at radius 1 is 1.08 bits per heavy atom. The van der Waals surface area contributed by atoms with Crippen molar-refractivity contribution in [3.8, 4) is 5.75 Å². The highest BCUT2D eigenvalue weighted by molar-refractivity contribution is 5.83. The molecule has 25 heavy (non-hydrogen) atoms. The minimum Gasteiger partial charge on any atom is -0.492 e. The molecule has 0 aromatic heterocycles. The Morgan fingerprint density at radius 3 is 2.56 bits per heavy atom. The van der Waals surface area contributed by atoms with E-state index in [1.54, 1.807) is 0 Å². The summed E-state index contributed by atoms with van der Waals surface area (Å²) in [5.74, 6) is 0.702. The first-order valence-electron chi connectivity index (χ1n) is 8.51. The summed E-state index contributed by atoms with van der Waals surface area (Å²) in [4.78, 5) is 12.4. The smallest absolute Gasteiger partial charge is 0.241 e. The van der Waals surface area contributed by atoms with Gasteiger partial charge in [-0.15, -0.1) is 0 Å². The van der Waals surface area contributed by atoms with E-state index in [0.29, 0.717) is 13.0 Å². The Morgan fingerprint density at radius 2 is 1.84 bits per heavy atom. The van der Waals surface area contributed by atoms with Crippen LogP contribution in [0.2, 0.25) is 0 Å². The van der Waals surface area contributed by atoms with Gasteiger partial charge < -0.3 is 15.4 Å². The molecule has 1 aliphatic heterocycles. The highest BCUT2D eigenvalue weighted by atomic mass is 16.5. The summed E-state index contributed by atoms with van der Waals surface area (Å²) in [5.41, 5.74) is 9.34. The molecule has 0 radical (unpaired) electrons. The molecule has 1 aliphatic rings. The molecule has 2 atom stereocenters. The minimum absolute atomic E-state index is 0.0503. The van der Waals surface area contributed by atoms with Gasteiger partial charge in [-0.1, -0.05) is 42.0 Å². The number of nitrogens with one attached hydrogen (secondary N) is 4. The van der Waals surface area contributed by atoms with Crippen LogP contribution in [-0.2, 0) is 11.2 Å². The summed E-state index contributed by atoms with van der Waals surface area (Å²) < 4.78 is 5.59. The number of anilines is 1. The van der Waals surface area contributed by atoms with Crippen molar-refractivity contribution in [1.29, 1.82) is 0 Å². The number of hydrogen-bond acceptors (Lipinski definition) is 5. The normalized spacial score (nSPS) is 20.0. The van der Waals surface area contributed by atoms with Crippen molar-refractivity contribution < 1.29 is 9.53 Å². The molecule has 2 aromatic carbocycles. The Kier molecular flexibility index (Phi) is 5.53.